The van der Waals surface area contributed by atoms with Crippen molar-refractivity contribution in [3.8, 4) is 5.75 Å². The van der Waals surface area contributed by atoms with Crippen LogP contribution >= 0.6 is 0 Å². The Bertz CT molecular complexity index is 357. The molecule has 1 heteroatoms. The van der Waals surface area contributed by atoms with E-state index in [1.54, 1.807) is 6.08 Å². The Balaban J connectivity index is 2.17. The molecule has 0 bridgehead atoms. The van der Waals surface area contributed by atoms with E-state index < -0.39 is 0 Å². The van der Waals surface area contributed by atoms with Gasteiger partial charge in [0.1, 0.15) is 12.4 Å². The number of benzene rings is 1. The van der Waals surface area contributed by atoms with Gasteiger partial charge in [-0.15, -0.1) is 0 Å². The van der Waals surface area contributed by atoms with Crippen molar-refractivity contribution in [2.24, 2.45) is 0 Å². The van der Waals surface area contributed by atoms with Gasteiger partial charge in [0, 0.05) is 0 Å². The Hall–Kier alpha value is -1.50. The summed E-state index contributed by atoms with van der Waals surface area (Å²) in [5.74, 6) is 1.61. The molecule has 2 rings (SSSR count). The van der Waals surface area contributed by atoms with Crippen LogP contribution in [0.25, 0.3) is 0 Å². The predicted molar refractivity (Wildman–Crippen MR) is 63.2 cm³/mol. The van der Waals surface area contributed by atoms with Gasteiger partial charge in [0.15, 0.2) is 0 Å². The minimum atomic E-state index is 0.581. The molecule has 0 N–H and O–H groups in total. The molecule has 0 atom stereocenters. The van der Waals surface area contributed by atoms with E-state index in [0.29, 0.717) is 12.5 Å². The Kier molecular flexibility index (Phi) is 3.23. The lowest BCUT2D eigenvalue weighted by Gasteiger charge is -2.15. The van der Waals surface area contributed by atoms with Gasteiger partial charge in [-0.1, -0.05) is 43.0 Å². The molecule has 1 nitrogen and oxygen atoms in total. The summed E-state index contributed by atoms with van der Waals surface area (Å²) in [6.07, 6.45) is 8.54. The molecule has 0 saturated heterocycles. The largest absolute Gasteiger partial charge is 0.489 e. The third kappa shape index (κ3) is 2.30. The molecule has 0 unspecified atom stereocenters. The summed E-state index contributed by atoms with van der Waals surface area (Å²) >= 11 is 0. The molecule has 0 fully saturated rings. The molecule has 1 aromatic carbocycles. The zero-order valence-corrected chi connectivity index (χ0v) is 8.86. The molecule has 1 aromatic rings. The number of ether oxygens (including phenoxy) is 1. The lowest BCUT2D eigenvalue weighted by Crippen LogP contribution is -2.00. The highest BCUT2D eigenvalue weighted by Gasteiger charge is 2.16. The molecule has 0 aromatic heterocycles. The number of hydrogen-bond donors (Lipinski definition) is 0. The highest BCUT2D eigenvalue weighted by molar-refractivity contribution is 5.38. The van der Waals surface area contributed by atoms with Crippen LogP contribution in [0.4, 0.5) is 0 Å². The van der Waals surface area contributed by atoms with E-state index in [0.717, 1.165) is 18.6 Å². The van der Waals surface area contributed by atoms with E-state index in [-0.39, 0.29) is 0 Å². The van der Waals surface area contributed by atoms with Crippen molar-refractivity contribution in [3.63, 3.8) is 0 Å². The Labute approximate surface area is 91.1 Å². The maximum absolute atomic E-state index is 5.65. The molecule has 0 aliphatic heterocycles. The first-order chi connectivity index (χ1) is 7.42. The monoisotopic (exact) mass is 200 g/mol. The summed E-state index contributed by atoms with van der Waals surface area (Å²) in [4.78, 5) is 0. The zero-order valence-electron chi connectivity index (χ0n) is 8.86. The van der Waals surface area contributed by atoms with Gasteiger partial charge in [-0.25, -0.2) is 0 Å². The topological polar surface area (TPSA) is 9.23 Å². The summed E-state index contributed by atoms with van der Waals surface area (Å²) in [7, 11) is 0. The summed E-state index contributed by atoms with van der Waals surface area (Å²) in [5.41, 5.74) is 1.32. The molecule has 0 amide bonds. The van der Waals surface area contributed by atoms with Gasteiger partial charge < -0.3 is 4.74 Å². The van der Waals surface area contributed by atoms with Crippen molar-refractivity contribution in [1.82, 2.24) is 0 Å². The smallest absolute Gasteiger partial charge is 0.123 e. The molecule has 0 saturated carbocycles. The fourth-order valence-corrected chi connectivity index (χ4v) is 1.97. The molecule has 78 valence electrons. The first-order valence-electron chi connectivity index (χ1n) is 5.39. The lowest BCUT2D eigenvalue weighted by molar-refractivity contribution is 0.356. The van der Waals surface area contributed by atoms with Crippen molar-refractivity contribution in [3.05, 3.63) is 54.6 Å². The number of hydrogen-bond acceptors (Lipinski definition) is 1. The zero-order chi connectivity index (χ0) is 10.5. The maximum atomic E-state index is 5.65. The molecule has 15 heavy (non-hydrogen) atoms. The van der Waals surface area contributed by atoms with Crippen molar-refractivity contribution in [2.75, 3.05) is 6.61 Å². The van der Waals surface area contributed by atoms with Crippen molar-refractivity contribution >= 4 is 0 Å². The van der Waals surface area contributed by atoms with Crippen LogP contribution in [0.1, 0.15) is 24.3 Å². The fourth-order valence-electron chi connectivity index (χ4n) is 1.97. The van der Waals surface area contributed by atoms with Crippen LogP contribution in [0.5, 0.6) is 5.75 Å². The second-order valence-corrected chi connectivity index (χ2v) is 3.78. The highest BCUT2D eigenvalue weighted by atomic mass is 16.5. The first-order valence-corrected chi connectivity index (χ1v) is 5.39. The van der Waals surface area contributed by atoms with Crippen molar-refractivity contribution < 1.29 is 4.74 Å². The molecular formula is C14H16O. The molecule has 0 radical (unpaired) electrons. The van der Waals surface area contributed by atoms with E-state index >= 15 is 0 Å². The minimum Gasteiger partial charge on any atom is -0.489 e. The van der Waals surface area contributed by atoms with E-state index in [1.807, 2.05) is 12.1 Å². The third-order valence-electron chi connectivity index (χ3n) is 2.72. The normalized spacial score (nSPS) is 15.5. The quantitative estimate of drug-likeness (QED) is 0.673. The van der Waals surface area contributed by atoms with Gasteiger partial charge in [0.2, 0.25) is 0 Å². The van der Waals surface area contributed by atoms with Gasteiger partial charge in [-0.05, 0) is 30.4 Å². The molecule has 0 heterocycles. The van der Waals surface area contributed by atoms with Crippen LogP contribution in [0.3, 0.4) is 0 Å². The standard InChI is InChI=1S/C14H16O/c1-2-11-15-14-10-6-5-9-13(14)12-7-3-4-8-12/h2-6,9-10,12H,1,7-8,11H2. The predicted octanol–water partition coefficient (Wildman–Crippen LogP) is 3.69. The SMILES string of the molecule is C=CCOc1ccccc1C1CC=CC1. The number of rotatable bonds is 4. The second-order valence-electron chi connectivity index (χ2n) is 3.78. The molecule has 1 aliphatic rings. The van der Waals surface area contributed by atoms with Crippen LogP contribution in [-0.2, 0) is 0 Å². The van der Waals surface area contributed by atoms with E-state index in [9.17, 15) is 0 Å². The van der Waals surface area contributed by atoms with Gasteiger partial charge >= 0.3 is 0 Å². The Morgan fingerprint density at radius 1 is 1.27 bits per heavy atom. The van der Waals surface area contributed by atoms with E-state index in [2.05, 4.69) is 30.9 Å². The lowest BCUT2D eigenvalue weighted by atomic mass is 9.96. The summed E-state index contributed by atoms with van der Waals surface area (Å²) < 4.78 is 5.65. The van der Waals surface area contributed by atoms with E-state index in [1.165, 1.54) is 5.56 Å². The van der Waals surface area contributed by atoms with Crippen LogP contribution in [-0.4, -0.2) is 6.61 Å². The van der Waals surface area contributed by atoms with Gasteiger partial charge in [-0.2, -0.15) is 0 Å². The third-order valence-corrected chi connectivity index (χ3v) is 2.72. The molecule has 0 spiro atoms. The Morgan fingerprint density at radius 3 is 2.73 bits per heavy atom. The fraction of sp³-hybridized carbons (Fsp3) is 0.286. The van der Waals surface area contributed by atoms with Crippen LogP contribution in [0, 0.1) is 0 Å². The first kappa shape index (κ1) is 10.0. The Morgan fingerprint density at radius 2 is 2.00 bits per heavy atom. The maximum Gasteiger partial charge on any atom is 0.123 e. The van der Waals surface area contributed by atoms with Crippen LogP contribution in [0.15, 0.2) is 49.1 Å². The average Bonchev–Trinajstić information content (AvgIpc) is 2.80. The molecular weight excluding hydrogens is 184 g/mol. The highest BCUT2D eigenvalue weighted by Crippen LogP contribution is 2.35. The van der Waals surface area contributed by atoms with Crippen LogP contribution < -0.4 is 4.74 Å². The summed E-state index contributed by atoms with van der Waals surface area (Å²) in [5, 5.41) is 0. The summed E-state index contributed by atoms with van der Waals surface area (Å²) in [6, 6.07) is 8.30. The average molecular weight is 200 g/mol. The number of para-hydroxylation sites is 1. The second kappa shape index (κ2) is 4.83. The summed E-state index contributed by atoms with van der Waals surface area (Å²) in [6.45, 7) is 4.25. The van der Waals surface area contributed by atoms with Gasteiger partial charge in [0.25, 0.3) is 0 Å². The number of allylic oxidation sites excluding steroid dienone is 2. The van der Waals surface area contributed by atoms with Gasteiger partial charge in [0.05, 0.1) is 0 Å². The van der Waals surface area contributed by atoms with Crippen LogP contribution in [0.2, 0.25) is 0 Å². The van der Waals surface area contributed by atoms with Gasteiger partial charge in [-0.3, -0.25) is 0 Å². The molecule has 1 aliphatic carbocycles. The van der Waals surface area contributed by atoms with E-state index in [4.69, 9.17) is 4.74 Å². The minimum absolute atomic E-state index is 0.581. The van der Waals surface area contributed by atoms with Crippen molar-refractivity contribution in [2.45, 2.75) is 18.8 Å². The van der Waals surface area contributed by atoms with Crippen molar-refractivity contribution in [1.29, 1.82) is 0 Å².